The van der Waals surface area contributed by atoms with E-state index in [0.717, 1.165) is 36.1 Å². The summed E-state index contributed by atoms with van der Waals surface area (Å²) in [5.74, 6) is 1.03. The molecule has 0 bridgehead atoms. The number of rotatable bonds is 6. The second-order valence-electron chi connectivity index (χ2n) is 6.61. The van der Waals surface area contributed by atoms with Gasteiger partial charge in [0.25, 0.3) is 5.91 Å². The van der Waals surface area contributed by atoms with E-state index in [9.17, 15) is 4.79 Å². The van der Waals surface area contributed by atoms with Gasteiger partial charge >= 0.3 is 0 Å². The molecule has 4 heteroatoms. The van der Waals surface area contributed by atoms with Crippen LogP contribution in [-0.2, 0) is 4.79 Å². The summed E-state index contributed by atoms with van der Waals surface area (Å²) in [4.78, 5) is 12.3. The van der Waals surface area contributed by atoms with Gasteiger partial charge in [-0.1, -0.05) is 61.4 Å². The van der Waals surface area contributed by atoms with Crippen LogP contribution >= 0.6 is 0 Å². The Hall–Kier alpha value is -2.33. The molecule has 1 fully saturated rings. The fourth-order valence-electron chi connectivity index (χ4n) is 3.52. The van der Waals surface area contributed by atoms with Crippen LogP contribution in [-0.4, -0.2) is 25.1 Å². The van der Waals surface area contributed by atoms with Crippen molar-refractivity contribution in [3.8, 4) is 16.9 Å². The minimum Gasteiger partial charge on any atom is -0.483 e. The average Bonchev–Trinajstić information content (AvgIpc) is 2.68. The molecule has 2 aromatic carbocycles. The van der Waals surface area contributed by atoms with E-state index in [1.54, 1.807) is 0 Å². The Bertz CT molecular complexity index is 687. The topological polar surface area (TPSA) is 64.3 Å². The summed E-state index contributed by atoms with van der Waals surface area (Å²) < 4.78 is 5.82. The van der Waals surface area contributed by atoms with Crippen molar-refractivity contribution < 1.29 is 9.53 Å². The number of nitrogens with two attached hydrogens (primary N) is 1. The summed E-state index contributed by atoms with van der Waals surface area (Å²) in [6.45, 7) is 0.653. The van der Waals surface area contributed by atoms with Crippen LogP contribution < -0.4 is 15.8 Å². The first kappa shape index (κ1) is 17.5. The molecular formula is C21H26N2O2. The van der Waals surface area contributed by atoms with Crippen molar-refractivity contribution in [1.29, 1.82) is 0 Å². The van der Waals surface area contributed by atoms with Gasteiger partial charge in [-0.15, -0.1) is 0 Å². The van der Waals surface area contributed by atoms with Crippen molar-refractivity contribution in [2.75, 3.05) is 13.2 Å². The smallest absolute Gasteiger partial charge is 0.258 e. The van der Waals surface area contributed by atoms with E-state index < -0.39 is 0 Å². The number of hydrogen-bond acceptors (Lipinski definition) is 3. The van der Waals surface area contributed by atoms with Crippen LogP contribution in [0.4, 0.5) is 0 Å². The summed E-state index contributed by atoms with van der Waals surface area (Å²) in [6.07, 6.45) is 4.46. The van der Waals surface area contributed by atoms with Gasteiger partial charge in [-0.3, -0.25) is 4.79 Å². The molecule has 0 heterocycles. The molecule has 0 aromatic heterocycles. The van der Waals surface area contributed by atoms with E-state index in [0.29, 0.717) is 12.5 Å². The monoisotopic (exact) mass is 338 g/mol. The molecule has 2 aromatic rings. The summed E-state index contributed by atoms with van der Waals surface area (Å²) in [5.41, 5.74) is 7.91. The van der Waals surface area contributed by atoms with Crippen molar-refractivity contribution in [2.24, 2.45) is 11.7 Å². The molecule has 4 nitrogen and oxygen atoms in total. The first-order chi connectivity index (χ1) is 12.3. The predicted molar refractivity (Wildman–Crippen MR) is 100 cm³/mol. The first-order valence-electron chi connectivity index (χ1n) is 9.04. The van der Waals surface area contributed by atoms with Crippen LogP contribution in [0.3, 0.4) is 0 Å². The van der Waals surface area contributed by atoms with Crippen molar-refractivity contribution in [3.63, 3.8) is 0 Å². The maximum atomic E-state index is 12.3. The van der Waals surface area contributed by atoms with Crippen LogP contribution in [0.15, 0.2) is 54.6 Å². The fourth-order valence-corrected chi connectivity index (χ4v) is 3.52. The highest BCUT2D eigenvalue weighted by molar-refractivity contribution is 5.78. The molecule has 0 radical (unpaired) electrons. The number of hydrogen-bond donors (Lipinski definition) is 2. The van der Waals surface area contributed by atoms with Crippen molar-refractivity contribution in [1.82, 2.24) is 5.32 Å². The zero-order valence-electron chi connectivity index (χ0n) is 14.5. The number of ether oxygens (including phenoxy) is 1. The number of amides is 1. The Morgan fingerprint density at radius 3 is 2.56 bits per heavy atom. The van der Waals surface area contributed by atoms with Crippen molar-refractivity contribution in [3.05, 3.63) is 54.6 Å². The Morgan fingerprint density at radius 2 is 1.76 bits per heavy atom. The van der Waals surface area contributed by atoms with Crippen molar-refractivity contribution in [2.45, 2.75) is 31.7 Å². The maximum Gasteiger partial charge on any atom is 0.258 e. The van der Waals surface area contributed by atoms with Crippen LogP contribution in [0.25, 0.3) is 11.1 Å². The summed E-state index contributed by atoms with van der Waals surface area (Å²) >= 11 is 0. The van der Waals surface area contributed by atoms with E-state index in [2.05, 4.69) is 5.32 Å². The molecule has 0 saturated heterocycles. The minimum absolute atomic E-state index is 0.0254. The second kappa shape index (κ2) is 8.67. The van der Waals surface area contributed by atoms with Gasteiger partial charge in [0, 0.05) is 11.6 Å². The number of benzene rings is 2. The summed E-state index contributed by atoms with van der Waals surface area (Å²) in [5, 5.41) is 3.11. The lowest BCUT2D eigenvalue weighted by molar-refractivity contribution is -0.124. The molecule has 0 aliphatic heterocycles. The molecular weight excluding hydrogens is 312 g/mol. The third-order valence-electron chi connectivity index (χ3n) is 4.89. The molecule has 2 unspecified atom stereocenters. The molecule has 1 saturated carbocycles. The van der Waals surface area contributed by atoms with Gasteiger partial charge < -0.3 is 15.8 Å². The second-order valence-corrected chi connectivity index (χ2v) is 6.61. The minimum atomic E-state index is -0.0757. The lowest BCUT2D eigenvalue weighted by Gasteiger charge is -2.31. The van der Waals surface area contributed by atoms with E-state index in [-0.39, 0.29) is 18.6 Å². The SMILES string of the molecule is NCC1CCCCC1NC(=O)COc1ccccc1-c1ccccc1. The average molecular weight is 338 g/mol. The van der Waals surface area contributed by atoms with Crippen LogP contribution in [0.1, 0.15) is 25.7 Å². The number of para-hydroxylation sites is 1. The molecule has 3 N–H and O–H groups in total. The Labute approximate surface area is 149 Å². The van der Waals surface area contributed by atoms with Gasteiger partial charge in [-0.2, -0.15) is 0 Å². The largest absolute Gasteiger partial charge is 0.483 e. The summed E-state index contributed by atoms with van der Waals surface area (Å²) in [6, 6.07) is 18.0. The van der Waals surface area contributed by atoms with Crippen molar-refractivity contribution >= 4 is 5.91 Å². The highest BCUT2D eigenvalue weighted by Gasteiger charge is 2.25. The van der Waals surface area contributed by atoms with Gasteiger partial charge in [0.2, 0.25) is 0 Å². The highest BCUT2D eigenvalue weighted by Crippen LogP contribution is 2.29. The quantitative estimate of drug-likeness (QED) is 0.849. The maximum absolute atomic E-state index is 12.3. The molecule has 1 amide bonds. The number of carbonyl (C=O) groups excluding carboxylic acids is 1. The molecule has 25 heavy (non-hydrogen) atoms. The number of carbonyl (C=O) groups is 1. The fraction of sp³-hybridized carbons (Fsp3) is 0.381. The van der Waals surface area contributed by atoms with Crippen LogP contribution in [0, 0.1) is 5.92 Å². The molecule has 3 rings (SSSR count). The van der Waals surface area contributed by atoms with E-state index in [4.69, 9.17) is 10.5 Å². The lowest BCUT2D eigenvalue weighted by Crippen LogP contribution is -2.46. The summed E-state index contributed by atoms with van der Waals surface area (Å²) in [7, 11) is 0. The molecule has 1 aliphatic rings. The zero-order valence-corrected chi connectivity index (χ0v) is 14.5. The van der Waals surface area contributed by atoms with Gasteiger partial charge in [0.1, 0.15) is 5.75 Å². The van der Waals surface area contributed by atoms with Crippen LogP contribution in [0.2, 0.25) is 0 Å². The molecule has 0 spiro atoms. The Morgan fingerprint density at radius 1 is 1.04 bits per heavy atom. The standard InChI is InChI=1S/C21H26N2O2/c22-14-17-10-4-6-12-19(17)23-21(24)15-25-20-13-7-5-11-18(20)16-8-2-1-3-9-16/h1-3,5,7-9,11,13,17,19H,4,6,10,12,14-15,22H2,(H,23,24). The predicted octanol–water partition coefficient (Wildman–Crippen LogP) is 3.37. The van der Waals surface area contributed by atoms with Gasteiger partial charge in [-0.25, -0.2) is 0 Å². The third-order valence-corrected chi connectivity index (χ3v) is 4.89. The van der Waals surface area contributed by atoms with E-state index in [1.165, 1.54) is 6.42 Å². The zero-order chi connectivity index (χ0) is 17.5. The normalized spacial score (nSPS) is 20.0. The Kier molecular flexibility index (Phi) is 6.07. The van der Waals surface area contributed by atoms with Crippen LogP contribution in [0.5, 0.6) is 5.75 Å². The van der Waals surface area contributed by atoms with Gasteiger partial charge in [0.05, 0.1) is 0 Å². The van der Waals surface area contributed by atoms with E-state index >= 15 is 0 Å². The molecule has 132 valence electrons. The Balaban J connectivity index is 1.61. The highest BCUT2D eigenvalue weighted by atomic mass is 16.5. The third kappa shape index (κ3) is 4.60. The number of nitrogens with one attached hydrogen (secondary N) is 1. The first-order valence-corrected chi connectivity index (χ1v) is 9.04. The lowest BCUT2D eigenvalue weighted by atomic mass is 9.84. The molecule has 2 atom stereocenters. The molecule has 1 aliphatic carbocycles. The van der Waals surface area contributed by atoms with Gasteiger partial charge in [0.15, 0.2) is 6.61 Å². The van der Waals surface area contributed by atoms with E-state index in [1.807, 2.05) is 54.6 Å². The van der Waals surface area contributed by atoms with Gasteiger partial charge in [-0.05, 0) is 36.9 Å².